The Morgan fingerprint density at radius 3 is 2.73 bits per heavy atom. The van der Waals surface area contributed by atoms with Crippen molar-refractivity contribution in [2.75, 3.05) is 6.54 Å². The van der Waals surface area contributed by atoms with Crippen LogP contribution in [0.3, 0.4) is 0 Å². The third kappa shape index (κ3) is 3.73. The molecule has 0 aliphatic rings. The number of benzene rings is 1. The molecule has 2 N–H and O–H groups in total. The highest BCUT2D eigenvalue weighted by Crippen LogP contribution is 2.26. The first-order valence-electron chi connectivity index (χ1n) is 5.30. The molecule has 1 atom stereocenters. The maximum Gasteiger partial charge on any atom is 0.138 e. The van der Waals surface area contributed by atoms with E-state index in [-0.39, 0.29) is 6.10 Å². The van der Waals surface area contributed by atoms with E-state index in [1.165, 1.54) is 0 Å². The van der Waals surface area contributed by atoms with Crippen LogP contribution < -0.4 is 10.5 Å². The fourth-order valence-corrected chi connectivity index (χ4v) is 1.71. The van der Waals surface area contributed by atoms with E-state index in [9.17, 15) is 0 Å². The van der Waals surface area contributed by atoms with E-state index in [4.69, 9.17) is 22.1 Å². The molecule has 0 aliphatic carbocycles. The quantitative estimate of drug-likeness (QED) is 0.839. The van der Waals surface area contributed by atoms with Gasteiger partial charge in [-0.3, -0.25) is 0 Å². The van der Waals surface area contributed by atoms with Crippen molar-refractivity contribution in [3.05, 3.63) is 28.8 Å². The molecule has 0 radical (unpaired) electrons. The lowest BCUT2D eigenvalue weighted by atomic mass is 10.2. The molecule has 0 aromatic heterocycles. The van der Waals surface area contributed by atoms with Crippen LogP contribution in [0.5, 0.6) is 5.75 Å². The van der Waals surface area contributed by atoms with Gasteiger partial charge in [0.25, 0.3) is 0 Å². The molecule has 15 heavy (non-hydrogen) atoms. The lowest BCUT2D eigenvalue weighted by Gasteiger charge is -2.17. The highest BCUT2D eigenvalue weighted by Gasteiger charge is 2.09. The van der Waals surface area contributed by atoms with Crippen LogP contribution in [0.4, 0.5) is 0 Å². The SMILES string of the molecule is CCCC(CN)Oc1ccc(C)cc1Cl. The molecule has 0 saturated carbocycles. The summed E-state index contributed by atoms with van der Waals surface area (Å²) in [5.74, 6) is 0.728. The fraction of sp³-hybridized carbons (Fsp3) is 0.500. The summed E-state index contributed by atoms with van der Waals surface area (Å²) in [6.07, 6.45) is 2.08. The van der Waals surface area contributed by atoms with E-state index in [2.05, 4.69) is 6.92 Å². The molecule has 0 fully saturated rings. The van der Waals surface area contributed by atoms with E-state index < -0.39 is 0 Å². The maximum atomic E-state index is 6.06. The van der Waals surface area contributed by atoms with Crippen LogP contribution in [0.25, 0.3) is 0 Å². The van der Waals surface area contributed by atoms with Crippen molar-refractivity contribution >= 4 is 11.6 Å². The van der Waals surface area contributed by atoms with Crippen LogP contribution in [0.15, 0.2) is 18.2 Å². The van der Waals surface area contributed by atoms with Crippen molar-refractivity contribution in [3.8, 4) is 5.75 Å². The predicted molar refractivity (Wildman–Crippen MR) is 64.6 cm³/mol. The Morgan fingerprint density at radius 1 is 1.47 bits per heavy atom. The van der Waals surface area contributed by atoms with Gasteiger partial charge in [-0.15, -0.1) is 0 Å². The first-order valence-corrected chi connectivity index (χ1v) is 5.68. The van der Waals surface area contributed by atoms with Crippen LogP contribution in [0.2, 0.25) is 5.02 Å². The van der Waals surface area contributed by atoms with Crippen molar-refractivity contribution in [2.45, 2.75) is 32.8 Å². The van der Waals surface area contributed by atoms with Crippen LogP contribution in [-0.4, -0.2) is 12.6 Å². The predicted octanol–water partition coefficient (Wildman–Crippen LogP) is 3.15. The molecule has 0 amide bonds. The van der Waals surface area contributed by atoms with Gasteiger partial charge >= 0.3 is 0 Å². The lowest BCUT2D eigenvalue weighted by molar-refractivity contribution is 0.198. The molecule has 0 bridgehead atoms. The molecule has 0 saturated heterocycles. The minimum absolute atomic E-state index is 0.0650. The molecular weight excluding hydrogens is 210 g/mol. The number of hydrogen-bond acceptors (Lipinski definition) is 2. The van der Waals surface area contributed by atoms with Crippen molar-refractivity contribution in [2.24, 2.45) is 5.73 Å². The first kappa shape index (κ1) is 12.3. The summed E-state index contributed by atoms with van der Waals surface area (Å²) in [6, 6.07) is 5.78. The van der Waals surface area contributed by atoms with Crippen LogP contribution in [0, 0.1) is 6.92 Å². The standard InChI is InChI=1S/C12H18ClNO/c1-3-4-10(8-14)15-12-6-5-9(2)7-11(12)13/h5-7,10H,3-4,8,14H2,1-2H3. The average Bonchev–Trinajstić information content (AvgIpc) is 2.21. The smallest absolute Gasteiger partial charge is 0.138 e. The maximum absolute atomic E-state index is 6.06. The lowest BCUT2D eigenvalue weighted by Crippen LogP contribution is -2.26. The third-order valence-electron chi connectivity index (χ3n) is 2.25. The number of ether oxygens (including phenoxy) is 1. The second-order valence-corrected chi connectivity index (χ2v) is 4.11. The Morgan fingerprint density at radius 2 is 2.20 bits per heavy atom. The summed E-state index contributed by atoms with van der Waals surface area (Å²) in [6.45, 7) is 4.64. The zero-order valence-corrected chi connectivity index (χ0v) is 10.1. The largest absolute Gasteiger partial charge is 0.488 e. The molecular formula is C12H18ClNO. The van der Waals surface area contributed by atoms with E-state index in [0.717, 1.165) is 24.2 Å². The van der Waals surface area contributed by atoms with Crippen LogP contribution >= 0.6 is 11.6 Å². The van der Waals surface area contributed by atoms with Crippen molar-refractivity contribution in [1.82, 2.24) is 0 Å². The van der Waals surface area contributed by atoms with Gasteiger partial charge in [0.1, 0.15) is 11.9 Å². The van der Waals surface area contributed by atoms with E-state index >= 15 is 0 Å². The summed E-state index contributed by atoms with van der Waals surface area (Å²) < 4.78 is 5.73. The number of nitrogens with two attached hydrogens (primary N) is 1. The first-order chi connectivity index (χ1) is 7.17. The number of aryl methyl sites for hydroxylation is 1. The molecule has 1 unspecified atom stereocenters. The van der Waals surface area contributed by atoms with Crippen molar-refractivity contribution < 1.29 is 4.74 Å². The molecule has 2 nitrogen and oxygen atoms in total. The van der Waals surface area contributed by atoms with Gasteiger partial charge in [-0.25, -0.2) is 0 Å². The Balaban J connectivity index is 2.70. The third-order valence-corrected chi connectivity index (χ3v) is 2.55. The minimum atomic E-state index is 0.0650. The fourth-order valence-electron chi connectivity index (χ4n) is 1.43. The zero-order chi connectivity index (χ0) is 11.3. The van der Waals surface area contributed by atoms with E-state index in [1.807, 2.05) is 25.1 Å². The Kier molecular flexibility index (Phi) is 4.92. The van der Waals surface area contributed by atoms with Gasteiger partial charge in [0.05, 0.1) is 5.02 Å². The van der Waals surface area contributed by atoms with Gasteiger partial charge in [0.15, 0.2) is 0 Å². The Hall–Kier alpha value is -0.730. The van der Waals surface area contributed by atoms with Crippen molar-refractivity contribution in [3.63, 3.8) is 0 Å². The second kappa shape index (κ2) is 5.99. The summed E-state index contributed by atoms with van der Waals surface area (Å²) in [4.78, 5) is 0. The number of rotatable bonds is 5. The van der Waals surface area contributed by atoms with Crippen LogP contribution in [-0.2, 0) is 0 Å². The van der Waals surface area contributed by atoms with E-state index in [1.54, 1.807) is 0 Å². The summed E-state index contributed by atoms with van der Waals surface area (Å²) in [5.41, 5.74) is 6.75. The normalized spacial score (nSPS) is 12.5. The average molecular weight is 228 g/mol. The molecule has 0 aliphatic heterocycles. The topological polar surface area (TPSA) is 35.2 Å². The summed E-state index contributed by atoms with van der Waals surface area (Å²) in [5, 5.41) is 0.657. The molecule has 3 heteroatoms. The molecule has 1 aromatic rings. The van der Waals surface area contributed by atoms with Gasteiger partial charge in [0, 0.05) is 6.54 Å². The highest BCUT2D eigenvalue weighted by atomic mass is 35.5. The molecule has 1 rings (SSSR count). The summed E-state index contributed by atoms with van der Waals surface area (Å²) >= 11 is 6.06. The van der Waals surface area contributed by atoms with Gasteiger partial charge < -0.3 is 10.5 Å². The minimum Gasteiger partial charge on any atom is -0.488 e. The summed E-state index contributed by atoms with van der Waals surface area (Å²) in [7, 11) is 0. The Bertz CT molecular complexity index is 314. The van der Waals surface area contributed by atoms with Crippen LogP contribution in [0.1, 0.15) is 25.3 Å². The van der Waals surface area contributed by atoms with Gasteiger partial charge in [-0.2, -0.15) is 0 Å². The molecule has 1 aromatic carbocycles. The molecule has 0 spiro atoms. The number of halogens is 1. The van der Waals surface area contributed by atoms with Gasteiger partial charge in [-0.05, 0) is 31.0 Å². The van der Waals surface area contributed by atoms with Gasteiger partial charge in [-0.1, -0.05) is 31.0 Å². The molecule has 84 valence electrons. The highest BCUT2D eigenvalue weighted by molar-refractivity contribution is 6.32. The van der Waals surface area contributed by atoms with Gasteiger partial charge in [0.2, 0.25) is 0 Å². The van der Waals surface area contributed by atoms with E-state index in [0.29, 0.717) is 11.6 Å². The van der Waals surface area contributed by atoms with Crippen molar-refractivity contribution in [1.29, 1.82) is 0 Å². The second-order valence-electron chi connectivity index (χ2n) is 3.70. The zero-order valence-electron chi connectivity index (χ0n) is 9.29. The molecule has 0 heterocycles. The Labute approximate surface area is 96.4 Å². The monoisotopic (exact) mass is 227 g/mol. The number of hydrogen-bond donors (Lipinski definition) is 1.